The molecule has 0 aliphatic carbocycles. The lowest BCUT2D eigenvalue weighted by atomic mass is 10.1. The maximum Gasteiger partial charge on any atom is 0.337 e. The molecule has 18 heavy (non-hydrogen) atoms. The number of hydrogen-bond acceptors (Lipinski definition) is 3. The topological polar surface area (TPSA) is 55.0 Å². The second-order valence-electron chi connectivity index (χ2n) is 3.92. The van der Waals surface area contributed by atoms with E-state index in [2.05, 4.69) is 14.7 Å². The van der Waals surface area contributed by atoms with E-state index in [1.54, 1.807) is 24.4 Å². The first-order chi connectivity index (χ1) is 8.70. The number of benzene rings is 1. The standard InChI is InChI=1S/C13H9FN2O2/c1-18-13(17)7-2-3-8-10(4-7)16-11-6-15-5-9(14)12(8)11/h2-6,16H,1H3. The van der Waals surface area contributed by atoms with Gasteiger partial charge in [-0.05, 0) is 12.1 Å². The lowest BCUT2D eigenvalue weighted by Gasteiger charge is -1.98. The molecular weight excluding hydrogens is 235 g/mol. The van der Waals surface area contributed by atoms with Crippen molar-refractivity contribution in [1.82, 2.24) is 9.97 Å². The smallest absolute Gasteiger partial charge is 0.337 e. The van der Waals surface area contributed by atoms with Crippen LogP contribution in [0.25, 0.3) is 21.8 Å². The predicted molar refractivity (Wildman–Crippen MR) is 64.9 cm³/mol. The molecule has 0 aliphatic rings. The number of pyridine rings is 1. The van der Waals surface area contributed by atoms with Crippen LogP contribution < -0.4 is 0 Å². The van der Waals surface area contributed by atoms with Crippen LogP contribution >= 0.6 is 0 Å². The minimum absolute atomic E-state index is 0.385. The van der Waals surface area contributed by atoms with Crippen molar-refractivity contribution in [2.45, 2.75) is 0 Å². The zero-order valence-electron chi connectivity index (χ0n) is 9.53. The lowest BCUT2D eigenvalue weighted by molar-refractivity contribution is 0.0601. The average molecular weight is 244 g/mol. The Bertz CT molecular complexity index is 764. The first kappa shape index (κ1) is 10.7. The number of aromatic amines is 1. The fourth-order valence-corrected chi connectivity index (χ4v) is 2.06. The molecule has 3 aromatic rings. The van der Waals surface area contributed by atoms with Gasteiger partial charge >= 0.3 is 5.97 Å². The number of aromatic nitrogens is 2. The van der Waals surface area contributed by atoms with E-state index in [0.717, 1.165) is 5.39 Å². The minimum atomic E-state index is -0.422. The SMILES string of the molecule is COC(=O)c1ccc2c(c1)[nH]c1cncc(F)c12. The second-order valence-corrected chi connectivity index (χ2v) is 3.92. The van der Waals surface area contributed by atoms with Crippen LogP contribution in [0.15, 0.2) is 30.6 Å². The average Bonchev–Trinajstić information content (AvgIpc) is 2.76. The fraction of sp³-hybridized carbons (Fsp3) is 0.0769. The third-order valence-electron chi connectivity index (χ3n) is 2.88. The number of fused-ring (bicyclic) bond motifs is 3. The highest BCUT2D eigenvalue weighted by molar-refractivity contribution is 6.08. The molecule has 1 N–H and O–H groups in total. The number of methoxy groups -OCH3 is 1. The van der Waals surface area contributed by atoms with E-state index in [0.29, 0.717) is 22.0 Å². The van der Waals surface area contributed by atoms with Crippen molar-refractivity contribution >= 4 is 27.8 Å². The lowest BCUT2D eigenvalue weighted by Crippen LogP contribution is -2.00. The van der Waals surface area contributed by atoms with E-state index in [9.17, 15) is 9.18 Å². The Labute approximate surface area is 101 Å². The van der Waals surface area contributed by atoms with Crippen LogP contribution in [0.2, 0.25) is 0 Å². The van der Waals surface area contributed by atoms with Crippen LogP contribution in [0, 0.1) is 5.82 Å². The van der Waals surface area contributed by atoms with Gasteiger partial charge in [0.15, 0.2) is 5.82 Å². The van der Waals surface area contributed by atoms with Crippen molar-refractivity contribution in [2.24, 2.45) is 0 Å². The summed E-state index contributed by atoms with van der Waals surface area (Å²) in [6.45, 7) is 0. The van der Waals surface area contributed by atoms with Gasteiger partial charge in [0.25, 0.3) is 0 Å². The molecule has 0 saturated carbocycles. The molecule has 0 unspecified atom stereocenters. The molecule has 90 valence electrons. The van der Waals surface area contributed by atoms with Gasteiger partial charge in [0.2, 0.25) is 0 Å². The van der Waals surface area contributed by atoms with Crippen molar-refractivity contribution in [2.75, 3.05) is 7.11 Å². The monoisotopic (exact) mass is 244 g/mol. The number of H-pyrrole nitrogens is 1. The van der Waals surface area contributed by atoms with Crippen molar-refractivity contribution in [3.8, 4) is 0 Å². The van der Waals surface area contributed by atoms with Crippen molar-refractivity contribution in [3.63, 3.8) is 0 Å². The van der Waals surface area contributed by atoms with Gasteiger partial charge in [-0.3, -0.25) is 4.98 Å². The van der Waals surface area contributed by atoms with E-state index < -0.39 is 5.97 Å². The summed E-state index contributed by atoms with van der Waals surface area (Å²) in [5.41, 5.74) is 1.71. The Morgan fingerprint density at radius 3 is 2.94 bits per heavy atom. The second kappa shape index (κ2) is 3.80. The normalized spacial score (nSPS) is 11.0. The summed E-state index contributed by atoms with van der Waals surface area (Å²) in [4.78, 5) is 18.2. The molecule has 5 heteroatoms. The van der Waals surface area contributed by atoms with Crippen LogP contribution in [0.5, 0.6) is 0 Å². The number of rotatable bonds is 1. The molecule has 0 atom stereocenters. The Morgan fingerprint density at radius 1 is 1.33 bits per heavy atom. The molecule has 3 rings (SSSR count). The van der Waals surface area contributed by atoms with Gasteiger partial charge in [-0.1, -0.05) is 6.07 Å². The van der Waals surface area contributed by atoms with Crippen LogP contribution in [0.4, 0.5) is 4.39 Å². The molecule has 2 aromatic heterocycles. The molecule has 1 aromatic carbocycles. The first-order valence-electron chi connectivity index (χ1n) is 5.34. The highest BCUT2D eigenvalue weighted by Crippen LogP contribution is 2.27. The quantitative estimate of drug-likeness (QED) is 0.669. The van der Waals surface area contributed by atoms with Crippen molar-refractivity contribution in [3.05, 3.63) is 42.0 Å². The molecule has 0 saturated heterocycles. The molecule has 0 amide bonds. The van der Waals surface area contributed by atoms with Gasteiger partial charge in [0, 0.05) is 16.3 Å². The summed E-state index contributed by atoms with van der Waals surface area (Å²) in [5.74, 6) is -0.807. The molecule has 0 bridgehead atoms. The summed E-state index contributed by atoms with van der Waals surface area (Å²) in [7, 11) is 1.32. The predicted octanol–water partition coefficient (Wildman–Crippen LogP) is 2.64. The largest absolute Gasteiger partial charge is 0.465 e. The fourth-order valence-electron chi connectivity index (χ4n) is 2.06. The molecule has 0 aliphatic heterocycles. The zero-order chi connectivity index (χ0) is 12.7. The number of carbonyl (C=O) groups is 1. The van der Waals surface area contributed by atoms with Crippen LogP contribution in [-0.2, 0) is 4.74 Å². The Hall–Kier alpha value is -2.43. The Morgan fingerprint density at radius 2 is 2.17 bits per heavy atom. The summed E-state index contributed by atoms with van der Waals surface area (Å²) >= 11 is 0. The van der Waals surface area contributed by atoms with Gasteiger partial charge < -0.3 is 9.72 Å². The molecular formula is C13H9FN2O2. The minimum Gasteiger partial charge on any atom is -0.465 e. The summed E-state index contributed by atoms with van der Waals surface area (Å²) in [6.07, 6.45) is 2.72. The first-order valence-corrected chi connectivity index (χ1v) is 5.34. The van der Waals surface area contributed by atoms with Gasteiger partial charge in [-0.15, -0.1) is 0 Å². The molecule has 4 nitrogen and oxygen atoms in total. The van der Waals surface area contributed by atoms with E-state index >= 15 is 0 Å². The Balaban J connectivity index is 2.34. The summed E-state index contributed by atoms with van der Waals surface area (Å²) in [6, 6.07) is 4.95. The highest BCUT2D eigenvalue weighted by Gasteiger charge is 2.12. The van der Waals surface area contributed by atoms with Crippen molar-refractivity contribution < 1.29 is 13.9 Å². The number of carbonyl (C=O) groups excluding carboxylic acids is 1. The Kier molecular flexibility index (Phi) is 2.26. The van der Waals surface area contributed by atoms with Crippen LogP contribution in [-0.4, -0.2) is 23.0 Å². The molecule has 0 fully saturated rings. The van der Waals surface area contributed by atoms with Crippen LogP contribution in [0.1, 0.15) is 10.4 Å². The van der Waals surface area contributed by atoms with E-state index in [1.807, 2.05) is 0 Å². The number of nitrogens with one attached hydrogen (secondary N) is 1. The number of ether oxygens (including phenoxy) is 1. The van der Waals surface area contributed by atoms with Gasteiger partial charge in [-0.25, -0.2) is 9.18 Å². The zero-order valence-corrected chi connectivity index (χ0v) is 9.53. The van der Waals surface area contributed by atoms with E-state index in [-0.39, 0.29) is 5.82 Å². The van der Waals surface area contributed by atoms with Crippen LogP contribution in [0.3, 0.4) is 0 Å². The molecule has 0 spiro atoms. The number of halogens is 1. The number of nitrogens with zero attached hydrogens (tertiary/aromatic N) is 1. The van der Waals surface area contributed by atoms with E-state index in [1.165, 1.54) is 13.3 Å². The number of hydrogen-bond donors (Lipinski definition) is 1. The molecule has 2 heterocycles. The summed E-state index contributed by atoms with van der Waals surface area (Å²) in [5, 5.41) is 1.20. The van der Waals surface area contributed by atoms with E-state index in [4.69, 9.17) is 0 Å². The highest BCUT2D eigenvalue weighted by atomic mass is 19.1. The molecule has 0 radical (unpaired) electrons. The third kappa shape index (κ3) is 1.44. The summed E-state index contributed by atoms with van der Waals surface area (Å²) < 4.78 is 18.3. The number of esters is 1. The van der Waals surface area contributed by atoms with Gasteiger partial charge in [0.1, 0.15) is 0 Å². The van der Waals surface area contributed by atoms with Gasteiger partial charge in [-0.2, -0.15) is 0 Å². The van der Waals surface area contributed by atoms with Gasteiger partial charge in [0.05, 0.1) is 30.6 Å². The maximum atomic E-state index is 13.7. The van der Waals surface area contributed by atoms with Crippen molar-refractivity contribution in [1.29, 1.82) is 0 Å². The maximum absolute atomic E-state index is 13.7. The third-order valence-corrected chi connectivity index (χ3v) is 2.88.